The summed E-state index contributed by atoms with van der Waals surface area (Å²) in [6.45, 7) is 4.29. The van der Waals surface area contributed by atoms with E-state index in [1.165, 1.54) is 11.6 Å². The van der Waals surface area contributed by atoms with Gasteiger partial charge >= 0.3 is 0 Å². The zero-order valence-corrected chi connectivity index (χ0v) is 12.2. The molecule has 2 aromatic rings. The van der Waals surface area contributed by atoms with Crippen molar-refractivity contribution in [3.63, 3.8) is 0 Å². The molecule has 0 saturated heterocycles. The minimum atomic E-state index is -0.180. The van der Waals surface area contributed by atoms with E-state index in [0.717, 1.165) is 30.5 Å². The van der Waals surface area contributed by atoms with Crippen molar-refractivity contribution in [3.05, 3.63) is 65.5 Å². The van der Waals surface area contributed by atoms with Crippen LogP contribution in [-0.4, -0.2) is 0 Å². The molecule has 0 aromatic heterocycles. The van der Waals surface area contributed by atoms with Crippen molar-refractivity contribution in [1.29, 1.82) is 0 Å². The Morgan fingerprint density at radius 1 is 1.05 bits per heavy atom. The molecule has 1 atom stereocenters. The molecule has 0 heterocycles. The Morgan fingerprint density at radius 3 is 2.40 bits per heavy atom. The largest absolute Gasteiger partial charge is 0.378 e. The average molecular weight is 271 g/mol. The fourth-order valence-corrected chi connectivity index (χ4v) is 2.40. The van der Waals surface area contributed by atoms with Gasteiger partial charge in [-0.1, -0.05) is 44.5 Å². The van der Waals surface area contributed by atoms with Crippen LogP contribution in [0.2, 0.25) is 0 Å². The molecule has 0 saturated carbocycles. The molecular weight excluding hydrogens is 249 g/mol. The minimum Gasteiger partial charge on any atom is -0.378 e. The predicted octanol–water partition coefficient (Wildman–Crippen LogP) is 5.34. The lowest BCUT2D eigenvalue weighted by atomic mass is 10.0. The summed E-state index contributed by atoms with van der Waals surface area (Å²) in [6.07, 6.45) is 3.19. The van der Waals surface area contributed by atoms with Crippen LogP contribution >= 0.6 is 0 Å². The van der Waals surface area contributed by atoms with E-state index in [1.807, 2.05) is 6.07 Å². The number of nitrogens with one attached hydrogen (secondary N) is 1. The van der Waals surface area contributed by atoms with Gasteiger partial charge in [-0.15, -0.1) is 0 Å². The zero-order chi connectivity index (χ0) is 14.4. The van der Waals surface area contributed by atoms with Crippen molar-refractivity contribution < 1.29 is 4.39 Å². The van der Waals surface area contributed by atoms with E-state index in [2.05, 4.69) is 43.4 Å². The molecule has 0 aliphatic rings. The van der Waals surface area contributed by atoms with Gasteiger partial charge in [-0.25, -0.2) is 4.39 Å². The molecule has 20 heavy (non-hydrogen) atoms. The number of hydrogen-bond donors (Lipinski definition) is 1. The molecule has 0 fully saturated rings. The Kier molecular flexibility index (Phi) is 5.16. The summed E-state index contributed by atoms with van der Waals surface area (Å²) in [4.78, 5) is 0. The Hall–Kier alpha value is -1.83. The molecule has 2 heteroatoms. The summed E-state index contributed by atoms with van der Waals surface area (Å²) < 4.78 is 13.3. The van der Waals surface area contributed by atoms with E-state index in [-0.39, 0.29) is 11.9 Å². The normalized spacial score (nSPS) is 12.2. The Morgan fingerprint density at radius 2 is 1.80 bits per heavy atom. The molecule has 2 rings (SSSR count). The molecule has 2 aromatic carbocycles. The SMILES string of the molecule is CCCc1ccc(NC(CC)c2cccc(F)c2)cc1. The van der Waals surface area contributed by atoms with Crippen LogP contribution in [0.5, 0.6) is 0 Å². The second-order valence-electron chi connectivity index (χ2n) is 5.11. The van der Waals surface area contributed by atoms with Crippen molar-refractivity contribution in [2.75, 3.05) is 5.32 Å². The molecule has 0 aliphatic heterocycles. The van der Waals surface area contributed by atoms with Gasteiger partial charge in [-0.2, -0.15) is 0 Å². The lowest BCUT2D eigenvalue weighted by Gasteiger charge is -2.19. The first-order valence-corrected chi connectivity index (χ1v) is 7.34. The molecule has 1 N–H and O–H groups in total. The Bertz CT molecular complexity index is 533. The monoisotopic (exact) mass is 271 g/mol. The second-order valence-corrected chi connectivity index (χ2v) is 5.11. The molecule has 0 bridgehead atoms. The molecule has 1 unspecified atom stereocenters. The predicted molar refractivity (Wildman–Crippen MR) is 83.5 cm³/mol. The average Bonchev–Trinajstić information content (AvgIpc) is 2.47. The third-order valence-electron chi connectivity index (χ3n) is 3.49. The fraction of sp³-hybridized carbons (Fsp3) is 0.333. The van der Waals surface area contributed by atoms with Crippen LogP contribution in [0.25, 0.3) is 0 Å². The molecule has 0 amide bonds. The van der Waals surface area contributed by atoms with Gasteiger partial charge < -0.3 is 5.32 Å². The van der Waals surface area contributed by atoms with Gasteiger partial charge in [0.15, 0.2) is 0 Å². The highest BCUT2D eigenvalue weighted by Gasteiger charge is 2.09. The number of rotatable bonds is 6. The van der Waals surface area contributed by atoms with Gasteiger partial charge in [0.25, 0.3) is 0 Å². The van der Waals surface area contributed by atoms with Crippen LogP contribution in [0.4, 0.5) is 10.1 Å². The number of aryl methyl sites for hydroxylation is 1. The van der Waals surface area contributed by atoms with Crippen molar-refractivity contribution in [1.82, 2.24) is 0 Å². The lowest BCUT2D eigenvalue weighted by Crippen LogP contribution is -2.09. The quantitative estimate of drug-likeness (QED) is 0.747. The van der Waals surface area contributed by atoms with Crippen molar-refractivity contribution in [2.45, 2.75) is 39.2 Å². The highest BCUT2D eigenvalue weighted by atomic mass is 19.1. The zero-order valence-electron chi connectivity index (χ0n) is 12.2. The van der Waals surface area contributed by atoms with Crippen LogP contribution in [0, 0.1) is 5.82 Å². The summed E-state index contributed by atoms with van der Waals surface area (Å²) in [5, 5.41) is 3.47. The molecule has 0 radical (unpaired) electrons. The summed E-state index contributed by atoms with van der Waals surface area (Å²) in [5.41, 5.74) is 3.43. The minimum absolute atomic E-state index is 0.141. The highest BCUT2D eigenvalue weighted by Crippen LogP contribution is 2.23. The van der Waals surface area contributed by atoms with Crippen molar-refractivity contribution >= 4 is 5.69 Å². The molecule has 0 aliphatic carbocycles. The number of benzene rings is 2. The smallest absolute Gasteiger partial charge is 0.123 e. The van der Waals surface area contributed by atoms with Crippen LogP contribution in [0.3, 0.4) is 0 Å². The van der Waals surface area contributed by atoms with Gasteiger partial charge in [-0.3, -0.25) is 0 Å². The maximum absolute atomic E-state index is 13.3. The lowest BCUT2D eigenvalue weighted by molar-refractivity contribution is 0.621. The third-order valence-corrected chi connectivity index (χ3v) is 3.49. The number of halogens is 1. The number of hydrogen-bond acceptors (Lipinski definition) is 1. The van der Waals surface area contributed by atoms with Crippen LogP contribution < -0.4 is 5.32 Å². The number of anilines is 1. The summed E-state index contributed by atoms with van der Waals surface area (Å²) in [6, 6.07) is 15.5. The van der Waals surface area contributed by atoms with Gasteiger partial charge in [0.1, 0.15) is 5.82 Å². The maximum Gasteiger partial charge on any atom is 0.123 e. The van der Waals surface area contributed by atoms with E-state index in [9.17, 15) is 4.39 Å². The van der Waals surface area contributed by atoms with E-state index in [1.54, 1.807) is 12.1 Å². The van der Waals surface area contributed by atoms with E-state index in [4.69, 9.17) is 0 Å². The van der Waals surface area contributed by atoms with Crippen molar-refractivity contribution in [3.8, 4) is 0 Å². The van der Waals surface area contributed by atoms with E-state index < -0.39 is 0 Å². The van der Waals surface area contributed by atoms with Crippen LogP contribution in [0.15, 0.2) is 48.5 Å². The standard InChI is InChI=1S/C18H22FN/c1-3-6-14-9-11-17(12-10-14)20-18(4-2)15-7-5-8-16(19)13-15/h5,7-13,18,20H,3-4,6H2,1-2H3. The van der Waals surface area contributed by atoms with Gasteiger partial charge in [-0.05, 0) is 48.2 Å². The summed E-state index contributed by atoms with van der Waals surface area (Å²) >= 11 is 0. The van der Waals surface area contributed by atoms with Crippen LogP contribution in [-0.2, 0) is 6.42 Å². The highest BCUT2D eigenvalue weighted by molar-refractivity contribution is 5.47. The molecule has 106 valence electrons. The van der Waals surface area contributed by atoms with Gasteiger partial charge in [0.2, 0.25) is 0 Å². The second kappa shape index (κ2) is 7.09. The van der Waals surface area contributed by atoms with Crippen LogP contribution in [0.1, 0.15) is 43.9 Å². The Balaban J connectivity index is 2.09. The van der Waals surface area contributed by atoms with E-state index in [0.29, 0.717) is 0 Å². The first kappa shape index (κ1) is 14.6. The Labute approximate surface area is 120 Å². The topological polar surface area (TPSA) is 12.0 Å². The van der Waals surface area contributed by atoms with Gasteiger partial charge in [0.05, 0.1) is 6.04 Å². The molecular formula is C18H22FN. The van der Waals surface area contributed by atoms with Crippen molar-refractivity contribution in [2.24, 2.45) is 0 Å². The first-order chi connectivity index (χ1) is 9.72. The van der Waals surface area contributed by atoms with E-state index >= 15 is 0 Å². The maximum atomic E-state index is 13.3. The molecule has 1 nitrogen and oxygen atoms in total. The van der Waals surface area contributed by atoms with Gasteiger partial charge in [0, 0.05) is 5.69 Å². The first-order valence-electron chi connectivity index (χ1n) is 7.34. The summed E-state index contributed by atoms with van der Waals surface area (Å²) in [7, 11) is 0. The molecule has 0 spiro atoms. The fourth-order valence-electron chi connectivity index (χ4n) is 2.40. The third kappa shape index (κ3) is 3.83. The summed E-state index contributed by atoms with van der Waals surface area (Å²) in [5.74, 6) is -0.180.